The predicted molar refractivity (Wildman–Crippen MR) is 204 cm³/mol. The first-order chi connectivity index (χ1) is 27.0. The maximum atomic E-state index is 13.3. The fourth-order valence-corrected chi connectivity index (χ4v) is 7.43. The number of carbonyl (C=O) groups excluding carboxylic acids is 6. The molecule has 1 atom stereocenters. The van der Waals surface area contributed by atoms with E-state index in [-0.39, 0.29) is 92.6 Å². The molecule has 1 saturated carbocycles. The Morgan fingerprint density at radius 3 is 2.27 bits per heavy atom. The Bertz CT molecular complexity index is 2150. The van der Waals surface area contributed by atoms with Crippen molar-refractivity contribution in [1.29, 1.82) is 0 Å². The van der Waals surface area contributed by atoms with Gasteiger partial charge in [0.1, 0.15) is 17.3 Å². The molecule has 3 aromatic rings. The molecule has 0 bridgehead atoms. The van der Waals surface area contributed by atoms with Gasteiger partial charge in [-0.1, -0.05) is 12.1 Å². The third-order valence-corrected chi connectivity index (χ3v) is 10.3. The Labute approximate surface area is 323 Å². The number of nitrogens with zero attached hydrogens (tertiary/aromatic N) is 3. The van der Waals surface area contributed by atoms with Gasteiger partial charge >= 0.3 is 0 Å². The Morgan fingerprint density at radius 1 is 0.893 bits per heavy atom. The zero-order valence-corrected chi connectivity index (χ0v) is 31.7. The number of fused-ring (bicyclic) bond motifs is 2. The summed E-state index contributed by atoms with van der Waals surface area (Å²) < 4.78 is 18.6. The normalized spacial score (nSPS) is 15.9. The van der Waals surface area contributed by atoms with Crippen LogP contribution in [0.25, 0.3) is 11.1 Å². The molecule has 0 saturated heterocycles. The summed E-state index contributed by atoms with van der Waals surface area (Å²) in [7, 11) is 4.88. The van der Waals surface area contributed by atoms with E-state index in [1.165, 1.54) is 6.07 Å². The number of benzene rings is 2. The van der Waals surface area contributed by atoms with Gasteiger partial charge in [0.2, 0.25) is 11.8 Å². The SMILES string of the molecule is COc1cc(-c2cn(C)c(=O)c3c2C=NC3)cc(OC)c1CCCC(=O)NCCOCCNC(=O)CCc1cccc2c1C(=O)N(C1CCC(=O)CC1=O)C2=O. The number of amides is 4. The number of hydrogen-bond acceptors (Lipinski definition) is 11. The van der Waals surface area contributed by atoms with Crippen LogP contribution in [0.5, 0.6) is 11.5 Å². The number of Topliss-reactive ketones (excluding diaryl/α,β-unsaturated/α-hetero) is 2. The molecule has 2 aliphatic heterocycles. The van der Waals surface area contributed by atoms with Crippen molar-refractivity contribution in [3.8, 4) is 22.6 Å². The van der Waals surface area contributed by atoms with Crippen LogP contribution in [-0.4, -0.2) is 97.4 Å². The van der Waals surface area contributed by atoms with E-state index in [2.05, 4.69) is 15.6 Å². The zero-order valence-electron chi connectivity index (χ0n) is 31.7. The van der Waals surface area contributed by atoms with Gasteiger partial charge in [-0.2, -0.15) is 0 Å². The molecule has 0 spiro atoms. The van der Waals surface area contributed by atoms with Crippen molar-refractivity contribution in [2.45, 2.75) is 64.0 Å². The van der Waals surface area contributed by atoms with Crippen molar-refractivity contribution in [2.75, 3.05) is 40.5 Å². The highest BCUT2D eigenvalue weighted by molar-refractivity contribution is 6.24. The first kappa shape index (κ1) is 39.7. The van der Waals surface area contributed by atoms with Crippen molar-refractivity contribution in [3.05, 3.63) is 80.3 Å². The van der Waals surface area contributed by atoms with Crippen molar-refractivity contribution in [2.24, 2.45) is 12.0 Å². The zero-order chi connectivity index (χ0) is 39.9. The van der Waals surface area contributed by atoms with Crippen LogP contribution in [0, 0.1) is 0 Å². The average Bonchev–Trinajstić information content (AvgIpc) is 3.78. The third-order valence-electron chi connectivity index (χ3n) is 10.3. The van der Waals surface area contributed by atoms with E-state index in [0.29, 0.717) is 48.6 Å². The molecule has 56 heavy (non-hydrogen) atoms. The molecular formula is C41H45N5O10. The molecule has 4 amide bonds. The van der Waals surface area contributed by atoms with Gasteiger partial charge in [0.05, 0.1) is 57.6 Å². The molecule has 3 heterocycles. The van der Waals surface area contributed by atoms with Crippen LogP contribution in [0.4, 0.5) is 0 Å². The fourth-order valence-electron chi connectivity index (χ4n) is 7.43. The molecule has 15 nitrogen and oxygen atoms in total. The number of hydrogen-bond donors (Lipinski definition) is 2. The highest BCUT2D eigenvalue weighted by atomic mass is 16.5. The van der Waals surface area contributed by atoms with E-state index in [4.69, 9.17) is 14.2 Å². The molecule has 294 valence electrons. The van der Waals surface area contributed by atoms with E-state index >= 15 is 0 Å². The van der Waals surface area contributed by atoms with Gasteiger partial charge in [-0.15, -0.1) is 0 Å². The van der Waals surface area contributed by atoms with E-state index < -0.39 is 23.6 Å². The molecule has 1 aliphatic carbocycles. The van der Waals surface area contributed by atoms with Gasteiger partial charge in [-0.05, 0) is 55.0 Å². The van der Waals surface area contributed by atoms with Crippen molar-refractivity contribution >= 4 is 41.4 Å². The Kier molecular flexibility index (Phi) is 12.5. The summed E-state index contributed by atoms with van der Waals surface area (Å²) in [6, 6.07) is 7.73. The molecule has 1 fully saturated rings. The lowest BCUT2D eigenvalue weighted by molar-refractivity contribution is -0.132. The van der Waals surface area contributed by atoms with Crippen LogP contribution in [0.2, 0.25) is 0 Å². The first-order valence-electron chi connectivity index (χ1n) is 18.6. The molecule has 3 aliphatic rings. The summed E-state index contributed by atoms with van der Waals surface area (Å²) in [4.78, 5) is 93.5. The van der Waals surface area contributed by atoms with E-state index in [1.807, 2.05) is 12.1 Å². The summed E-state index contributed by atoms with van der Waals surface area (Å²) in [6.07, 6.45) is 5.13. The number of rotatable bonds is 17. The summed E-state index contributed by atoms with van der Waals surface area (Å²) in [5.41, 5.74) is 4.83. The maximum Gasteiger partial charge on any atom is 0.262 e. The van der Waals surface area contributed by atoms with Gasteiger partial charge in [-0.3, -0.25) is 43.5 Å². The van der Waals surface area contributed by atoms with Crippen molar-refractivity contribution in [3.63, 3.8) is 0 Å². The minimum Gasteiger partial charge on any atom is -0.496 e. The standard InChI is InChI=1S/C41H45N5O10/c1-45-23-31(29-21-42-22-30(29)39(45)51)25-18-34(54-2)27(35(19-25)55-3)7-5-9-36(49)43-14-16-56-17-15-44-37(50)13-10-24-6-4-8-28-38(24)41(53)46(40(28)52)32-12-11-26(47)20-33(32)48/h4,6,8,18-19,21,23,32H,5,7,9-17,20,22H2,1-3H3,(H,43,49)(H,44,50). The van der Waals surface area contributed by atoms with Crippen LogP contribution in [0.3, 0.4) is 0 Å². The smallest absolute Gasteiger partial charge is 0.262 e. The molecule has 1 aromatic heterocycles. The minimum atomic E-state index is -0.952. The number of ketones is 2. The molecule has 6 rings (SSSR count). The van der Waals surface area contributed by atoms with Gasteiger partial charge < -0.3 is 29.4 Å². The molecule has 1 unspecified atom stereocenters. The van der Waals surface area contributed by atoms with Crippen LogP contribution < -0.4 is 25.7 Å². The average molecular weight is 768 g/mol. The second-order valence-electron chi connectivity index (χ2n) is 13.9. The summed E-state index contributed by atoms with van der Waals surface area (Å²) in [5, 5.41) is 5.61. The number of carbonyl (C=O) groups is 6. The predicted octanol–water partition coefficient (Wildman–Crippen LogP) is 2.49. The lowest BCUT2D eigenvalue weighted by Gasteiger charge is -2.27. The molecule has 15 heteroatoms. The molecular weight excluding hydrogens is 722 g/mol. The fraction of sp³-hybridized carbons (Fsp3) is 0.415. The van der Waals surface area contributed by atoms with Crippen LogP contribution in [0.1, 0.15) is 81.5 Å². The van der Waals surface area contributed by atoms with Gasteiger partial charge in [-0.25, -0.2) is 0 Å². The van der Waals surface area contributed by atoms with Gasteiger partial charge in [0.25, 0.3) is 17.4 Å². The minimum absolute atomic E-state index is 0.0685. The summed E-state index contributed by atoms with van der Waals surface area (Å²) in [6.45, 7) is 1.38. The number of aromatic nitrogens is 1. The van der Waals surface area contributed by atoms with Crippen molar-refractivity contribution in [1.82, 2.24) is 20.1 Å². The topological polar surface area (TPSA) is 192 Å². The number of methoxy groups -OCH3 is 2. The van der Waals surface area contributed by atoms with Crippen LogP contribution >= 0.6 is 0 Å². The lowest BCUT2D eigenvalue weighted by Crippen LogP contribution is -2.47. The number of pyridine rings is 1. The van der Waals surface area contributed by atoms with E-state index in [9.17, 15) is 33.6 Å². The van der Waals surface area contributed by atoms with Crippen molar-refractivity contribution < 1.29 is 43.0 Å². The highest BCUT2D eigenvalue weighted by Gasteiger charge is 2.45. The Morgan fingerprint density at radius 2 is 1.59 bits per heavy atom. The molecule has 2 aromatic carbocycles. The molecule has 2 N–H and O–H groups in total. The number of aryl methyl sites for hydroxylation is 2. The third kappa shape index (κ3) is 8.47. The van der Waals surface area contributed by atoms with Gasteiger partial charge in [0, 0.05) is 74.1 Å². The second-order valence-corrected chi connectivity index (χ2v) is 13.9. The maximum absolute atomic E-state index is 13.3. The second kappa shape index (κ2) is 17.7. The first-order valence-corrected chi connectivity index (χ1v) is 18.6. The molecule has 0 radical (unpaired) electrons. The lowest BCUT2D eigenvalue weighted by atomic mass is 9.92. The number of ether oxygens (including phenoxy) is 3. The Balaban J connectivity index is 0.890. The van der Waals surface area contributed by atoms with E-state index in [0.717, 1.165) is 27.2 Å². The number of nitrogens with one attached hydrogen (secondary N) is 2. The van der Waals surface area contributed by atoms with Crippen LogP contribution in [-0.2, 0) is 50.3 Å². The highest BCUT2D eigenvalue weighted by Crippen LogP contribution is 2.38. The van der Waals surface area contributed by atoms with Gasteiger partial charge in [0.15, 0.2) is 5.78 Å². The Hall–Kier alpha value is -5.96. The number of imide groups is 1. The quantitative estimate of drug-likeness (QED) is 0.117. The summed E-state index contributed by atoms with van der Waals surface area (Å²) >= 11 is 0. The summed E-state index contributed by atoms with van der Waals surface area (Å²) in [5.74, 6) is -0.912. The van der Waals surface area contributed by atoms with Crippen LogP contribution in [0.15, 0.2) is 46.3 Å². The largest absolute Gasteiger partial charge is 0.496 e. The number of aliphatic imine (C=N–C) groups is 1. The monoisotopic (exact) mass is 767 g/mol. The van der Waals surface area contributed by atoms with E-state index in [1.54, 1.807) is 50.4 Å².